The molecule has 1 aliphatic heterocycles. The molecule has 1 aliphatic rings. The largest absolute Gasteiger partial charge is 0.454 e. The van der Waals surface area contributed by atoms with Crippen molar-refractivity contribution in [1.82, 2.24) is 15.6 Å². The summed E-state index contributed by atoms with van der Waals surface area (Å²) in [5.74, 6) is 1.42. The minimum atomic E-state index is -2.94. The van der Waals surface area contributed by atoms with Crippen molar-refractivity contribution in [3.63, 3.8) is 0 Å². The van der Waals surface area contributed by atoms with Gasteiger partial charge in [0.05, 0.1) is 6.54 Å². The van der Waals surface area contributed by atoms with Crippen molar-refractivity contribution in [2.24, 2.45) is 4.99 Å². The van der Waals surface area contributed by atoms with Gasteiger partial charge in [0.15, 0.2) is 17.5 Å². The third kappa shape index (κ3) is 4.34. The van der Waals surface area contributed by atoms with E-state index < -0.39 is 6.61 Å². The van der Waals surface area contributed by atoms with Crippen LogP contribution < -0.4 is 24.8 Å². The second kappa shape index (κ2) is 8.26. The quantitative estimate of drug-likeness (QED) is 0.435. The van der Waals surface area contributed by atoms with Crippen molar-refractivity contribution in [2.75, 3.05) is 13.8 Å². The highest BCUT2D eigenvalue weighted by Gasteiger charge is 2.20. The number of hydrogen-bond donors (Lipinski definition) is 3. The highest BCUT2D eigenvalue weighted by molar-refractivity contribution is 5.81. The number of aromatic amines is 1. The van der Waals surface area contributed by atoms with E-state index in [0.29, 0.717) is 29.6 Å². The Morgan fingerprint density at radius 1 is 1.14 bits per heavy atom. The molecule has 2 aromatic carbocycles. The van der Waals surface area contributed by atoms with Gasteiger partial charge in [-0.3, -0.25) is 4.99 Å². The molecule has 0 atom stereocenters. The Morgan fingerprint density at radius 3 is 2.66 bits per heavy atom. The maximum absolute atomic E-state index is 12.8. The van der Waals surface area contributed by atoms with Gasteiger partial charge in [0, 0.05) is 36.4 Å². The molecule has 0 radical (unpaired) electrons. The number of halogens is 2. The molecule has 0 amide bonds. The van der Waals surface area contributed by atoms with Crippen LogP contribution in [-0.4, -0.2) is 31.4 Å². The molecule has 3 aromatic rings. The third-order valence-corrected chi connectivity index (χ3v) is 4.47. The minimum absolute atomic E-state index is 0.0304. The second-order valence-electron chi connectivity index (χ2n) is 6.35. The second-order valence-corrected chi connectivity index (χ2v) is 6.35. The molecule has 29 heavy (non-hydrogen) atoms. The van der Waals surface area contributed by atoms with Gasteiger partial charge >= 0.3 is 6.61 Å². The van der Waals surface area contributed by atoms with Crippen molar-refractivity contribution in [3.05, 3.63) is 53.7 Å². The highest BCUT2D eigenvalue weighted by atomic mass is 19.3. The van der Waals surface area contributed by atoms with Gasteiger partial charge in [-0.05, 0) is 23.6 Å². The fourth-order valence-corrected chi connectivity index (χ4v) is 3.12. The number of benzene rings is 2. The lowest BCUT2D eigenvalue weighted by Crippen LogP contribution is -2.36. The van der Waals surface area contributed by atoms with Crippen molar-refractivity contribution in [1.29, 1.82) is 0 Å². The monoisotopic (exact) mass is 402 g/mol. The van der Waals surface area contributed by atoms with Gasteiger partial charge in [0.25, 0.3) is 0 Å². The van der Waals surface area contributed by atoms with E-state index in [1.54, 1.807) is 13.1 Å². The third-order valence-electron chi connectivity index (χ3n) is 4.47. The van der Waals surface area contributed by atoms with Crippen molar-refractivity contribution >= 4 is 16.9 Å². The summed E-state index contributed by atoms with van der Waals surface area (Å²) in [7, 11) is 1.64. The Balaban J connectivity index is 1.41. The summed E-state index contributed by atoms with van der Waals surface area (Å²) in [6.45, 7) is -2.15. The summed E-state index contributed by atoms with van der Waals surface area (Å²) in [5.41, 5.74) is 2.56. The van der Waals surface area contributed by atoms with E-state index in [1.165, 1.54) is 6.07 Å². The van der Waals surface area contributed by atoms with E-state index in [-0.39, 0.29) is 19.1 Å². The first-order valence-electron chi connectivity index (χ1n) is 9.01. The molecule has 0 fully saturated rings. The van der Waals surface area contributed by atoms with E-state index in [4.69, 9.17) is 9.47 Å². The van der Waals surface area contributed by atoms with Gasteiger partial charge in [-0.15, -0.1) is 0 Å². The molecule has 0 saturated carbocycles. The van der Waals surface area contributed by atoms with Gasteiger partial charge in [-0.2, -0.15) is 8.78 Å². The Labute approximate surface area is 165 Å². The van der Waals surface area contributed by atoms with Crippen LogP contribution in [0.15, 0.2) is 47.5 Å². The van der Waals surface area contributed by atoms with E-state index in [9.17, 15) is 8.78 Å². The summed E-state index contributed by atoms with van der Waals surface area (Å²) in [4.78, 5) is 7.50. The highest BCUT2D eigenvalue weighted by Crippen LogP contribution is 2.38. The lowest BCUT2D eigenvalue weighted by atomic mass is 10.1. The SMILES string of the molecule is CN=C(NCc1cc2ccccc2[nH]1)NCc1cc2c(cc1OC(F)F)OCO2. The van der Waals surface area contributed by atoms with Crippen LogP contribution >= 0.6 is 0 Å². The average Bonchev–Trinajstić information content (AvgIpc) is 3.33. The number of aliphatic imine (C=N–C) groups is 1. The number of guanidine groups is 1. The van der Waals surface area contributed by atoms with Crippen LogP contribution in [0.4, 0.5) is 8.78 Å². The zero-order valence-electron chi connectivity index (χ0n) is 15.7. The zero-order valence-corrected chi connectivity index (χ0v) is 15.7. The van der Waals surface area contributed by atoms with E-state index >= 15 is 0 Å². The van der Waals surface area contributed by atoms with Crippen LogP contribution in [0, 0.1) is 0 Å². The molecule has 0 saturated heterocycles. The zero-order chi connectivity index (χ0) is 20.2. The Morgan fingerprint density at radius 2 is 1.90 bits per heavy atom. The molecule has 4 rings (SSSR count). The number of nitrogens with one attached hydrogen (secondary N) is 3. The number of ether oxygens (including phenoxy) is 3. The van der Waals surface area contributed by atoms with Gasteiger partial charge in [0.1, 0.15) is 5.75 Å². The predicted octanol–water partition coefficient (Wildman–Crippen LogP) is 3.36. The standard InChI is InChI=1S/C20H20F2N4O3/c1-23-20(25-10-14-6-12-4-2-3-5-15(12)26-14)24-9-13-7-17-18(28-11-27-17)8-16(13)29-19(21)22/h2-8,19,26H,9-11H2,1H3,(H2,23,24,25). The first-order valence-corrected chi connectivity index (χ1v) is 9.01. The molecule has 1 aromatic heterocycles. The molecule has 0 aliphatic carbocycles. The maximum atomic E-state index is 12.8. The van der Waals surface area contributed by atoms with Crippen LogP contribution in [0.5, 0.6) is 17.2 Å². The minimum Gasteiger partial charge on any atom is -0.454 e. The van der Waals surface area contributed by atoms with Crippen LogP contribution in [0.1, 0.15) is 11.3 Å². The average molecular weight is 402 g/mol. The van der Waals surface area contributed by atoms with Crippen LogP contribution in [0.3, 0.4) is 0 Å². The summed E-state index contributed by atoms with van der Waals surface area (Å²) in [6, 6.07) is 13.1. The maximum Gasteiger partial charge on any atom is 0.387 e. The Kier molecular flexibility index (Phi) is 5.37. The topological polar surface area (TPSA) is 79.9 Å². The Hall–Kier alpha value is -3.49. The lowest BCUT2D eigenvalue weighted by Gasteiger charge is -2.15. The van der Waals surface area contributed by atoms with Crippen LogP contribution in [0.25, 0.3) is 10.9 Å². The lowest BCUT2D eigenvalue weighted by molar-refractivity contribution is -0.0505. The molecule has 0 spiro atoms. The number of aromatic nitrogens is 1. The molecule has 0 bridgehead atoms. The molecule has 152 valence electrons. The summed E-state index contributed by atoms with van der Waals surface area (Å²) in [5, 5.41) is 7.42. The molecule has 0 unspecified atom stereocenters. The number of para-hydroxylation sites is 1. The van der Waals surface area contributed by atoms with Crippen molar-refractivity contribution < 1.29 is 23.0 Å². The van der Waals surface area contributed by atoms with Gasteiger partial charge < -0.3 is 29.8 Å². The smallest absolute Gasteiger partial charge is 0.387 e. The summed E-state index contributed by atoms with van der Waals surface area (Å²) in [6.07, 6.45) is 0. The predicted molar refractivity (Wildman–Crippen MR) is 105 cm³/mol. The van der Waals surface area contributed by atoms with E-state index in [0.717, 1.165) is 16.6 Å². The number of hydrogen-bond acceptors (Lipinski definition) is 4. The van der Waals surface area contributed by atoms with Gasteiger partial charge in [-0.25, -0.2) is 0 Å². The summed E-state index contributed by atoms with van der Waals surface area (Å²) >= 11 is 0. The van der Waals surface area contributed by atoms with E-state index in [1.807, 2.05) is 24.3 Å². The molecule has 9 heteroatoms. The number of rotatable bonds is 6. The number of nitrogens with zero attached hydrogens (tertiary/aromatic N) is 1. The van der Waals surface area contributed by atoms with E-state index in [2.05, 4.69) is 31.4 Å². The van der Waals surface area contributed by atoms with Crippen molar-refractivity contribution in [2.45, 2.75) is 19.7 Å². The normalized spacial score (nSPS) is 13.2. The molecular weight excluding hydrogens is 382 g/mol. The van der Waals surface area contributed by atoms with Gasteiger partial charge in [0.2, 0.25) is 6.79 Å². The van der Waals surface area contributed by atoms with Crippen molar-refractivity contribution in [3.8, 4) is 17.2 Å². The fourth-order valence-electron chi connectivity index (χ4n) is 3.12. The van der Waals surface area contributed by atoms with Crippen LogP contribution in [-0.2, 0) is 13.1 Å². The Bertz CT molecular complexity index is 1000. The van der Waals surface area contributed by atoms with Crippen LogP contribution in [0.2, 0.25) is 0 Å². The number of fused-ring (bicyclic) bond motifs is 2. The molecule has 7 nitrogen and oxygen atoms in total. The molecule has 2 heterocycles. The van der Waals surface area contributed by atoms with Gasteiger partial charge in [-0.1, -0.05) is 18.2 Å². The fraction of sp³-hybridized carbons (Fsp3) is 0.250. The first kappa shape index (κ1) is 18.9. The number of H-pyrrole nitrogens is 1. The summed E-state index contributed by atoms with van der Waals surface area (Å²) < 4.78 is 40.7. The first-order chi connectivity index (χ1) is 14.1. The molecule has 3 N–H and O–H groups in total. The molecular formula is C20H20F2N4O3. The number of alkyl halides is 2.